The Morgan fingerprint density at radius 2 is 1.68 bits per heavy atom. The first-order valence-electron chi connectivity index (χ1n) is 11.4. The molecule has 3 rings (SSSR count). The minimum absolute atomic E-state index is 0.0715. The molecule has 2 aliphatic rings. The lowest BCUT2D eigenvalue weighted by atomic mass is 10.0. The summed E-state index contributed by atoms with van der Waals surface area (Å²) in [6.45, 7) is 4.33. The molecule has 1 saturated heterocycles. The van der Waals surface area contributed by atoms with Gasteiger partial charge in [0.2, 0.25) is 11.8 Å². The van der Waals surface area contributed by atoms with Crippen LogP contribution in [0.15, 0.2) is 24.3 Å². The first-order chi connectivity index (χ1) is 15.0. The average Bonchev–Trinajstić information content (AvgIpc) is 3.30. The molecule has 2 amide bonds. The molecule has 7 nitrogen and oxygen atoms in total. The van der Waals surface area contributed by atoms with E-state index >= 15 is 0 Å². The van der Waals surface area contributed by atoms with Crippen LogP contribution in [0.1, 0.15) is 70.8 Å². The van der Waals surface area contributed by atoms with E-state index in [1.807, 2.05) is 13.8 Å². The highest BCUT2D eigenvalue weighted by atomic mass is 16.5. The van der Waals surface area contributed by atoms with Crippen LogP contribution >= 0.6 is 0 Å². The molecular weight excluding hydrogens is 396 g/mol. The SMILES string of the molecule is C1CCCCC1.CC.COC(=O)C1CCCN1C(=O)CNC(=O)Cc1cccc(O)c1. The lowest BCUT2D eigenvalue weighted by molar-refractivity contribution is -0.150. The Morgan fingerprint density at radius 3 is 2.23 bits per heavy atom. The predicted molar refractivity (Wildman–Crippen MR) is 121 cm³/mol. The number of aromatic hydroxyl groups is 1. The van der Waals surface area contributed by atoms with Crippen LogP contribution in [0.4, 0.5) is 0 Å². The topological polar surface area (TPSA) is 95.9 Å². The molecule has 0 bridgehead atoms. The van der Waals surface area contributed by atoms with Gasteiger partial charge in [0.1, 0.15) is 11.8 Å². The van der Waals surface area contributed by atoms with Crippen LogP contribution in [0.2, 0.25) is 0 Å². The predicted octanol–water partition coefficient (Wildman–Crippen LogP) is 3.58. The van der Waals surface area contributed by atoms with Crippen LogP contribution in [-0.4, -0.2) is 54.0 Å². The van der Waals surface area contributed by atoms with Crippen molar-refractivity contribution >= 4 is 17.8 Å². The molecule has 1 aliphatic carbocycles. The molecule has 31 heavy (non-hydrogen) atoms. The summed E-state index contributed by atoms with van der Waals surface area (Å²) in [5, 5.41) is 11.9. The molecule has 1 saturated carbocycles. The summed E-state index contributed by atoms with van der Waals surface area (Å²) in [7, 11) is 1.29. The van der Waals surface area contributed by atoms with Gasteiger partial charge >= 0.3 is 5.97 Å². The number of ether oxygens (including phenoxy) is 1. The maximum Gasteiger partial charge on any atom is 0.328 e. The Kier molecular flexibility index (Phi) is 13.0. The van der Waals surface area contributed by atoms with Crippen molar-refractivity contribution in [2.45, 2.75) is 77.7 Å². The number of hydrogen-bond acceptors (Lipinski definition) is 5. The minimum Gasteiger partial charge on any atom is -0.508 e. The van der Waals surface area contributed by atoms with E-state index in [4.69, 9.17) is 0 Å². The number of benzene rings is 1. The summed E-state index contributed by atoms with van der Waals surface area (Å²) in [5.74, 6) is -0.966. The third-order valence-electron chi connectivity index (χ3n) is 5.26. The highest BCUT2D eigenvalue weighted by Gasteiger charge is 2.34. The van der Waals surface area contributed by atoms with Crippen molar-refractivity contribution in [3.05, 3.63) is 29.8 Å². The molecule has 1 atom stereocenters. The van der Waals surface area contributed by atoms with Crippen molar-refractivity contribution < 1.29 is 24.2 Å². The minimum atomic E-state index is -0.560. The number of phenols is 1. The molecule has 174 valence electrons. The standard InChI is InChI=1S/C16H20N2O5.C6H12.C2H6/c1-23-16(22)13-6-3-7-18(13)15(21)10-17-14(20)9-11-4-2-5-12(19)8-11;1-2-4-6-5-3-1;1-2/h2,4-5,8,13,19H,3,6-7,9-10H2,1H3,(H,17,20);1-6H2;1-2H3. The molecule has 2 N–H and O–H groups in total. The van der Waals surface area contributed by atoms with Gasteiger partial charge in [0.25, 0.3) is 0 Å². The molecule has 0 spiro atoms. The first kappa shape index (κ1) is 26.5. The number of hydrogen-bond donors (Lipinski definition) is 2. The molecule has 7 heteroatoms. The van der Waals surface area contributed by atoms with Crippen molar-refractivity contribution in [3.63, 3.8) is 0 Å². The van der Waals surface area contributed by atoms with E-state index in [9.17, 15) is 19.5 Å². The Bertz CT molecular complexity index is 677. The Hall–Kier alpha value is -2.57. The number of likely N-dealkylation sites (tertiary alicyclic amines) is 1. The summed E-state index contributed by atoms with van der Waals surface area (Å²) < 4.78 is 4.69. The van der Waals surface area contributed by atoms with Gasteiger partial charge in [-0.05, 0) is 30.5 Å². The van der Waals surface area contributed by atoms with E-state index in [1.165, 1.54) is 62.7 Å². The number of phenolic OH excluding ortho intramolecular Hbond substituents is 1. The number of rotatable bonds is 5. The van der Waals surface area contributed by atoms with Gasteiger partial charge in [-0.25, -0.2) is 4.79 Å². The van der Waals surface area contributed by atoms with Gasteiger partial charge in [0.05, 0.1) is 20.1 Å². The van der Waals surface area contributed by atoms with Crippen LogP contribution in [0.3, 0.4) is 0 Å². The number of methoxy groups -OCH3 is 1. The average molecular weight is 435 g/mol. The van der Waals surface area contributed by atoms with E-state index in [1.54, 1.807) is 12.1 Å². The summed E-state index contributed by atoms with van der Waals surface area (Å²) in [6.07, 6.45) is 10.4. The Labute approximate surface area is 186 Å². The van der Waals surface area contributed by atoms with E-state index < -0.39 is 12.0 Å². The molecular formula is C24H38N2O5. The van der Waals surface area contributed by atoms with Gasteiger partial charge < -0.3 is 20.1 Å². The summed E-state index contributed by atoms with van der Waals surface area (Å²) in [6, 6.07) is 5.82. The lowest BCUT2D eigenvalue weighted by Gasteiger charge is -2.22. The lowest BCUT2D eigenvalue weighted by Crippen LogP contribution is -2.46. The number of amides is 2. The van der Waals surface area contributed by atoms with Gasteiger partial charge in [-0.15, -0.1) is 0 Å². The van der Waals surface area contributed by atoms with Crippen LogP contribution in [0, 0.1) is 0 Å². The molecule has 0 radical (unpaired) electrons. The summed E-state index contributed by atoms with van der Waals surface area (Å²) in [4.78, 5) is 37.1. The second-order valence-corrected chi connectivity index (χ2v) is 7.51. The molecule has 1 unspecified atom stereocenters. The van der Waals surface area contributed by atoms with Crippen molar-refractivity contribution in [1.29, 1.82) is 0 Å². The molecule has 1 aliphatic heterocycles. The van der Waals surface area contributed by atoms with Crippen molar-refractivity contribution in [3.8, 4) is 5.75 Å². The fourth-order valence-electron chi connectivity index (χ4n) is 3.70. The Morgan fingerprint density at radius 1 is 1.06 bits per heavy atom. The van der Waals surface area contributed by atoms with Crippen LogP contribution < -0.4 is 5.32 Å². The van der Waals surface area contributed by atoms with Crippen molar-refractivity contribution in [1.82, 2.24) is 10.2 Å². The van der Waals surface area contributed by atoms with E-state index in [0.29, 0.717) is 18.5 Å². The quantitative estimate of drug-likeness (QED) is 0.691. The fourth-order valence-corrected chi connectivity index (χ4v) is 3.70. The van der Waals surface area contributed by atoms with Crippen LogP contribution in [-0.2, 0) is 25.5 Å². The van der Waals surface area contributed by atoms with Gasteiger partial charge in [-0.3, -0.25) is 9.59 Å². The zero-order valence-corrected chi connectivity index (χ0v) is 19.2. The van der Waals surface area contributed by atoms with Gasteiger partial charge in [-0.2, -0.15) is 0 Å². The maximum atomic E-state index is 12.2. The largest absolute Gasteiger partial charge is 0.508 e. The molecule has 0 aromatic heterocycles. The number of carbonyl (C=O) groups is 3. The summed E-state index contributed by atoms with van der Waals surface area (Å²) in [5.41, 5.74) is 0.656. The zero-order chi connectivity index (χ0) is 23.1. The van der Waals surface area contributed by atoms with E-state index in [-0.39, 0.29) is 30.5 Å². The van der Waals surface area contributed by atoms with E-state index in [0.717, 1.165) is 6.42 Å². The fraction of sp³-hybridized carbons (Fsp3) is 0.625. The first-order valence-corrected chi connectivity index (χ1v) is 11.4. The maximum absolute atomic E-state index is 12.2. The molecule has 1 heterocycles. The monoisotopic (exact) mass is 434 g/mol. The van der Waals surface area contributed by atoms with E-state index in [2.05, 4.69) is 10.1 Å². The number of esters is 1. The normalized spacial score (nSPS) is 17.4. The third kappa shape index (κ3) is 9.85. The number of nitrogens with zero attached hydrogens (tertiary/aromatic N) is 1. The van der Waals surface area contributed by atoms with Crippen LogP contribution in [0.5, 0.6) is 5.75 Å². The molecule has 2 fully saturated rings. The molecule has 1 aromatic rings. The summed E-state index contributed by atoms with van der Waals surface area (Å²) >= 11 is 0. The second kappa shape index (κ2) is 15.3. The second-order valence-electron chi connectivity index (χ2n) is 7.51. The number of nitrogens with one attached hydrogen (secondary N) is 1. The highest BCUT2D eigenvalue weighted by molar-refractivity contribution is 5.89. The van der Waals surface area contributed by atoms with Crippen molar-refractivity contribution in [2.24, 2.45) is 0 Å². The molecule has 1 aromatic carbocycles. The zero-order valence-electron chi connectivity index (χ0n) is 19.2. The van der Waals surface area contributed by atoms with Crippen molar-refractivity contribution in [2.75, 3.05) is 20.2 Å². The number of carbonyl (C=O) groups excluding carboxylic acids is 3. The van der Waals surface area contributed by atoms with Crippen LogP contribution in [0.25, 0.3) is 0 Å². The smallest absolute Gasteiger partial charge is 0.328 e. The van der Waals surface area contributed by atoms with Gasteiger partial charge in [0.15, 0.2) is 0 Å². The Balaban J connectivity index is 0.000000508. The third-order valence-corrected chi connectivity index (χ3v) is 5.26. The van der Waals surface area contributed by atoms with Gasteiger partial charge in [-0.1, -0.05) is 64.5 Å². The van der Waals surface area contributed by atoms with Gasteiger partial charge in [0, 0.05) is 6.54 Å². The highest BCUT2D eigenvalue weighted by Crippen LogP contribution is 2.18.